The Hall–Kier alpha value is -0.910. The van der Waals surface area contributed by atoms with E-state index in [1.807, 2.05) is 0 Å². The fourth-order valence-corrected chi connectivity index (χ4v) is 8.45. The van der Waals surface area contributed by atoms with Crippen LogP contribution in [0, 0.1) is 34.5 Å². The number of esters is 1. The maximum Gasteiger partial charge on any atom is 0.331 e. The fraction of sp³-hybridized carbons (Fsp3) is 0.870. The smallest absolute Gasteiger partial charge is 0.331 e. The number of hydrogen-bond donors (Lipinski definition) is 3. The Morgan fingerprint density at radius 2 is 1.82 bits per heavy atom. The molecule has 4 aliphatic carbocycles. The minimum atomic E-state index is -0.753. The van der Waals surface area contributed by atoms with Crippen molar-refractivity contribution in [3.63, 3.8) is 0 Å². The molecule has 5 aliphatic rings. The summed E-state index contributed by atoms with van der Waals surface area (Å²) in [6, 6.07) is 0. The van der Waals surface area contributed by atoms with Gasteiger partial charge in [-0.1, -0.05) is 13.8 Å². The van der Waals surface area contributed by atoms with E-state index in [0.29, 0.717) is 24.9 Å². The van der Waals surface area contributed by atoms with Crippen LogP contribution in [0.3, 0.4) is 0 Å². The molecular weight excluding hydrogens is 356 g/mol. The third-order valence-electron chi connectivity index (χ3n) is 10.1. The van der Waals surface area contributed by atoms with Gasteiger partial charge in [0.05, 0.1) is 17.8 Å². The molecule has 9 atom stereocenters. The Balaban J connectivity index is 1.49. The Morgan fingerprint density at radius 1 is 1.04 bits per heavy atom. The van der Waals surface area contributed by atoms with Gasteiger partial charge >= 0.3 is 5.97 Å². The predicted molar refractivity (Wildman–Crippen MR) is 103 cm³/mol. The lowest BCUT2D eigenvalue weighted by atomic mass is 9.42. The van der Waals surface area contributed by atoms with E-state index < -0.39 is 17.8 Å². The topological polar surface area (TPSA) is 87.0 Å². The number of carbonyl (C=O) groups excluding carboxylic acids is 1. The molecule has 28 heavy (non-hydrogen) atoms. The molecule has 0 aromatic rings. The summed E-state index contributed by atoms with van der Waals surface area (Å²) in [5.41, 5.74) is -0.154. The van der Waals surface area contributed by atoms with Gasteiger partial charge in [-0.05, 0) is 86.0 Å². The molecule has 4 saturated carbocycles. The molecule has 0 unspecified atom stereocenters. The van der Waals surface area contributed by atoms with Crippen LogP contribution in [0.15, 0.2) is 11.6 Å². The Kier molecular flexibility index (Phi) is 4.12. The molecule has 0 spiro atoms. The van der Waals surface area contributed by atoms with Gasteiger partial charge in [-0.25, -0.2) is 4.79 Å². The van der Waals surface area contributed by atoms with Gasteiger partial charge in [0.2, 0.25) is 0 Å². The molecule has 5 rings (SSSR count). The largest absolute Gasteiger partial charge is 0.458 e. The lowest BCUT2D eigenvalue weighted by Gasteiger charge is -2.64. The molecule has 0 amide bonds. The molecule has 0 aromatic carbocycles. The van der Waals surface area contributed by atoms with Crippen LogP contribution in [-0.2, 0) is 9.53 Å². The van der Waals surface area contributed by atoms with Crippen molar-refractivity contribution in [1.29, 1.82) is 0 Å². The molecule has 1 aliphatic heterocycles. The summed E-state index contributed by atoms with van der Waals surface area (Å²) in [4.78, 5) is 11.6. The number of aliphatic hydroxyl groups excluding tert-OH is 2. The summed E-state index contributed by atoms with van der Waals surface area (Å²) < 4.78 is 5.18. The van der Waals surface area contributed by atoms with E-state index in [2.05, 4.69) is 13.8 Å². The van der Waals surface area contributed by atoms with Crippen molar-refractivity contribution >= 4 is 5.97 Å². The summed E-state index contributed by atoms with van der Waals surface area (Å²) in [7, 11) is 0. The highest BCUT2D eigenvalue weighted by Gasteiger charge is 2.68. The third kappa shape index (κ3) is 2.27. The number of fused-ring (bicyclic) bond motifs is 5. The average Bonchev–Trinajstić information content (AvgIpc) is 3.17. The van der Waals surface area contributed by atoms with E-state index in [1.165, 1.54) is 0 Å². The van der Waals surface area contributed by atoms with Crippen molar-refractivity contribution in [2.24, 2.45) is 34.5 Å². The highest BCUT2D eigenvalue weighted by Crippen LogP contribution is 2.69. The van der Waals surface area contributed by atoms with E-state index in [0.717, 1.165) is 50.5 Å². The number of cyclic esters (lactones) is 1. The monoisotopic (exact) mass is 390 g/mol. The van der Waals surface area contributed by atoms with Gasteiger partial charge in [0, 0.05) is 11.5 Å². The number of hydrogen-bond acceptors (Lipinski definition) is 5. The minimum absolute atomic E-state index is 0.181. The number of aliphatic hydroxyl groups is 3. The molecule has 0 saturated heterocycles. The van der Waals surface area contributed by atoms with Crippen LogP contribution in [0.2, 0.25) is 0 Å². The van der Waals surface area contributed by atoms with Gasteiger partial charge in [0.25, 0.3) is 0 Å². The molecule has 156 valence electrons. The number of rotatable bonds is 1. The summed E-state index contributed by atoms with van der Waals surface area (Å²) >= 11 is 0. The van der Waals surface area contributed by atoms with Crippen molar-refractivity contribution in [2.45, 2.75) is 83.0 Å². The van der Waals surface area contributed by atoms with Crippen molar-refractivity contribution in [2.75, 3.05) is 6.61 Å². The van der Waals surface area contributed by atoms with Gasteiger partial charge in [-0.15, -0.1) is 0 Å². The number of ether oxygens (including phenoxy) is 1. The zero-order valence-corrected chi connectivity index (χ0v) is 17.1. The molecule has 0 aromatic heterocycles. The average molecular weight is 391 g/mol. The standard InChI is InChI=1S/C23H34O5/c1-21-7-5-17-18(4-3-14-10-15(24)11-19(25)22(14,17)2)23(21,27)8-6-16(21)13-9-20(26)28-12-13/h9,14-19,24-25,27H,3-8,10-12H2,1-2H3/t14-,15-,16-,17+,18-,19-,21-,22+,23+/m1/s1. The van der Waals surface area contributed by atoms with E-state index >= 15 is 0 Å². The van der Waals surface area contributed by atoms with E-state index in [1.54, 1.807) is 6.08 Å². The first-order valence-corrected chi connectivity index (χ1v) is 11.2. The molecule has 4 fully saturated rings. The highest BCUT2D eigenvalue weighted by atomic mass is 16.5. The van der Waals surface area contributed by atoms with Crippen LogP contribution >= 0.6 is 0 Å². The Bertz CT molecular complexity index is 718. The van der Waals surface area contributed by atoms with Crippen LogP contribution in [0.25, 0.3) is 0 Å². The second kappa shape index (κ2) is 6.05. The zero-order chi connectivity index (χ0) is 19.9. The van der Waals surface area contributed by atoms with Crippen molar-refractivity contribution < 1.29 is 24.9 Å². The van der Waals surface area contributed by atoms with Crippen LogP contribution < -0.4 is 0 Å². The Morgan fingerprint density at radius 3 is 2.54 bits per heavy atom. The van der Waals surface area contributed by atoms with Crippen LogP contribution in [0.5, 0.6) is 0 Å². The lowest BCUT2D eigenvalue weighted by Crippen LogP contribution is -2.65. The predicted octanol–water partition coefficient (Wildman–Crippen LogP) is 2.58. The quantitative estimate of drug-likeness (QED) is 0.599. The van der Waals surface area contributed by atoms with Gasteiger partial charge in [0.15, 0.2) is 0 Å². The normalized spacial score (nSPS) is 55.8. The maximum absolute atomic E-state index is 12.1. The first kappa shape index (κ1) is 19.1. The minimum Gasteiger partial charge on any atom is -0.458 e. The van der Waals surface area contributed by atoms with E-state index in [9.17, 15) is 20.1 Å². The molecule has 5 nitrogen and oxygen atoms in total. The molecule has 0 radical (unpaired) electrons. The fourth-order valence-electron chi connectivity index (χ4n) is 8.45. The third-order valence-corrected chi connectivity index (χ3v) is 10.1. The van der Waals surface area contributed by atoms with Crippen LogP contribution in [0.1, 0.15) is 65.2 Å². The van der Waals surface area contributed by atoms with Crippen molar-refractivity contribution in [1.82, 2.24) is 0 Å². The Labute approximate surface area is 167 Å². The number of carbonyl (C=O) groups is 1. The van der Waals surface area contributed by atoms with Gasteiger partial charge in [-0.2, -0.15) is 0 Å². The molecule has 0 bridgehead atoms. The molecule has 1 heterocycles. The molecule has 3 N–H and O–H groups in total. The summed E-state index contributed by atoms with van der Waals surface area (Å²) in [5.74, 6) is 0.761. The van der Waals surface area contributed by atoms with Crippen LogP contribution in [0.4, 0.5) is 0 Å². The second-order valence-electron chi connectivity index (χ2n) is 10.8. The first-order chi connectivity index (χ1) is 13.2. The van der Waals surface area contributed by atoms with Gasteiger partial charge < -0.3 is 20.1 Å². The van der Waals surface area contributed by atoms with Crippen LogP contribution in [-0.4, -0.2) is 45.7 Å². The molecule has 5 heteroatoms. The van der Waals surface area contributed by atoms with Crippen molar-refractivity contribution in [3.8, 4) is 0 Å². The highest BCUT2D eigenvalue weighted by molar-refractivity contribution is 5.85. The summed E-state index contributed by atoms with van der Waals surface area (Å²) in [6.07, 6.45) is 7.52. The second-order valence-corrected chi connectivity index (χ2v) is 10.8. The maximum atomic E-state index is 12.1. The summed E-state index contributed by atoms with van der Waals surface area (Å²) in [6.45, 7) is 4.81. The summed E-state index contributed by atoms with van der Waals surface area (Å²) in [5, 5.41) is 33.3. The van der Waals surface area contributed by atoms with Gasteiger partial charge in [-0.3, -0.25) is 0 Å². The van der Waals surface area contributed by atoms with E-state index in [-0.39, 0.29) is 28.6 Å². The van der Waals surface area contributed by atoms with Crippen molar-refractivity contribution in [3.05, 3.63) is 11.6 Å². The van der Waals surface area contributed by atoms with E-state index in [4.69, 9.17) is 4.74 Å². The SMILES string of the molecule is C[C@]12[C@H](CC[C@@H]3[C@@H]1CC[C@]1(C)[C@@H](C4=CC(=O)OC4)CC[C@]31O)C[C@@H](O)C[C@H]2O. The first-order valence-electron chi connectivity index (χ1n) is 11.2. The van der Waals surface area contributed by atoms with Gasteiger partial charge in [0.1, 0.15) is 6.61 Å². The zero-order valence-electron chi connectivity index (χ0n) is 17.1. The molecular formula is C23H34O5. The lowest BCUT2D eigenvalue weighted by molar-refractivity contribution is -0.231.